The highest BCUT2D eigenvalue weighted by atomic mass is 16.3. The lowest BCUT2D eigenvalue weighted by Gasteiger charge is -2.32. The van der Waals surface area contributed by atoms with Gasteiger partial charge < -0.3 is 14.9 Å². The van der Waals surface area contributed by atoms with Crippen LogP contribution in [0.2, 0.25) is 0 Å². The largest absolute Gasteiger partial charge is 0.394 e. The van der Waals surface area contributed by atoms with Crippen LogP contribution in [0.5, 0.6) is 0 Å². The molecule has 0 amide bonds. The number of anilines is 1. The summed E-state index contributed by atoms with van der Waals surface area (Å²) in [6.45, 7) is 4.00. The van der Waals surface area contributed by atoms with Crippen molar-refractivity contribution in [2.75, 3.05) is 31.6 Å². The first-order valence-corrected chi connectivity index (χ1v) is 6.74. The summed E-state index contributed by atoms with van der Waals surface area (Å²) in [4.78, 5) is 4.45. The van der Waals surface area contributed by atoms with Crippen LogP contribution in [0.1, 0.15) is 18.9 Å². The molecule has 1 aromatic rings. The number of benzene rings is 1. The molecule has 1 aromatic carbocycles. The average Bonchev–Trinajstić information content (AvgIpc) is 2.59. The second-order valence-electron chi connectivity index (χ2n) is 5.24. The zero-order chi connectivity index (χ0) is 13.8. The molecule has 4 heteroatoms. The molecule has 1 aliphatic heterocycles. The summed E-state index contributed by atoms with van der Waals surface area (Å²) in [6, 6.07) is 10.4. The minimum atomic E-state index is 0.0458. The third kappa shape index (κ3) is 2.89. The summed E-state index contributed by atoms with van der Waals surface area (Å²) in [5.74, 6) is 0. The molecule has 1 saturated heterocycles. The molecule has 2 rings (SSSR count). The van der Waals surface area contributed by atoms with Crippen molar-refractivity contribution in [1.29, 1.82) is 5.26 Å². The Morgan fingerprint density at radius 3 is 2.84 bits per heavy atom. The molecule has 0 aromatic heterocycles. The van der Waals surface area contributed by atoms with E-state index < -0.39 is 0 Å². The molecule has 19 heavy (non-hydrogen) atoms. The maximum Gasteiger partial charge on any atom is 0.101 e. The van der Waals surface area contributed by atoms with Crippen molar-refractivity contribution in [3.8, 4) is 6.07 Å². The Labute approximate surface area is 114 Å². The zero-order valence-electron chi connectivity index (χ0n) is 11.6. The van der Waals surface area contributed by atoms with E-state index in [1.165, 1.54) is 0 Å². The van der Waals surface area contributed by atoms with Crippen molar-refractivity contribution in [1.82, 2.24) is 4.90 Å². The van der Waals surface area contributed by atoms with Crippen molar-refractivity contribution in [3.63, 3.8) is 0 Å². The Morgan fingerprint density at radius 2 is 2.16 bits per heavy atom. The molecule has 0 saturated carbocycles. The lowest BCUT2D eigenvalue weighted by atomic mass is 10.1. The van der Waals surface area contributed by atoms with E-state index in [0.717, 1.165) is 25.2 Å². The number of nitriles is 1. The number of aliphatic hydroxyl groups excluding tert-OH is 1. The number of para-hydroxylation sites is 1. The highest BCUT2D eigenvalue weighted by molar-refractivity contribution is 5.60. The van der Waals surface area contributed by atoms with Gasteiger partial charge in [-0.15, -0.1) is 0 Å². The van der Waals surface area contributed by atoms with Crippen molar-refractivity contribution in [2.24, 2.45) is 0 Å². The van der Waals surface area contributed by atoms with E-state index in [9.17, 15) is 10.4 Å². The van der Waals surface area contributed by atoms with Gasteiger partial charge in [-0.25, -0.2) is 0 Å². The third-order valence-electron chi connectivity index (χ3n) is 4.02. The quantitative estimate of drug-likeness (QED) is 0.873. The lowest BCUT2D eigenvalue weighted by Crippen LogP contribution is -2.43. The molecule has 2 atom stereocenters. The number of aliphatic hydroxyl groups is 1. The predicted molar refractivity (Wildman–Crippen MR) is 76.1 cm³/mol. The van der Waals surface area contributed by atoms with E-state index in [-0.39, 0.29) is 12.6 Å². The van der Waals surface area contributed by atoms with Crippen LogP contribution in [0, 0.1) is 11.3 Å². The van der Waals surface area contributed by atoms with E-state index in [1.54, 1.807) is 0 Å². The molecule has 102 valence electrons. The molecular weight excluding hydrogens is 238 g/mol. The van der Waals surface area contributed by atoms with Gasteiger partial charge in [-0.3, -0.25) is 0 Å². The molecule has 0 spiro atoms. The molecule has 4 nitrogen and oxygen atoms in total. The van der Waals surface area contributed by atoms with Gasteiger partial charge in [0.1, 0.15) is 6.07 Å². The molecule has 0 bridgehead atoms. The first-order chi connectivity index (χ1) is 9.17. The monoisotopic (exact) mass is 259 g/mol. The second kappa shape index (κ2) is 6.05. The molecule has 1 heterocycles. The normalized spacial score (nSPS) is 24.8. The van der Waals surface area contributed by atoms with Gasteiger partial charge in [0.15, 0.2) is 0 Å². The average molecular weight is 259 g/mol. The van der Waals surface area contributed by atoms with Crippen LogP contribution in [0.3, 0.4) is 0 Å². The highest BCUT2D eigenvalue weighted by Gasteiger charge is 2.27. The van der Waals surface area contributed by atoms with Crippen LogP contribution in [0.15, 0.2) is 24.3 Å². The standard InChI is InChI=1S/C15H21N3O/c1-12-7-8-18(14(11-19)10-17(12)2)15-6-4-3-5-13(15)9-16/h3-6,12,14,19H,7-8,10-11H2,1-2H3. The van der Waals surface area contributed by atoms with Gasteiger partial charge in [-0.1, -0.05) is 12.1 Å². The Morgan fingerprint density at radius 1 is 1.42 bits per heavy atom. The summed E-state index contributed by atoms with van der Waals surface area (Å²) >= 11 is 0. The summed E-state index contributed by atoms with van der Waals surface area (Å²) in [7, 11) is 2.09. The van der Waals surface area contributed by atoms with Crippen LogP contribution >= 0.6 is 0 Å². The first-order valence-electron chi connectivity index (χ1n) is 6.74. The van der Waals surface area contributed by atoms with Crippen LogP contribution in [-0.2, 0) is 0 Å². The highest BCUT2D eigenvalue weighted by Crippen LogP contribution is 2.25. The molecular formula is C15H21N3O. The molecule has 1 aliphatic rings. The van der Waals surface area contributed by atoms with Crippen molar-refractivity contribution in [2.45, 2.75) is 25.4 Å². The van der Waals surface area contributed by atoms with Gasteiger partial charge in [0.25, 0.3) is 0 Å². The Kier molecular flexibility index (Phi) is 4.41. The molecule has 2 unspecified atom stereocenters. The van der Waals surface area contributed by atoms with Gasteiger partial charge in [-0.05, 0) is 32.5 Å². The molecule has 0 radical (unpaired) electrons. The smallest absolute Gasteiger partial charge is 0.101 e. The number of rotatable bonds is 2. The van der Waals surface area contributed by atoms with Crippen molar-refractivity contribution in [3.05, 3.63) is 29.8 Å². The fraction of sp³-hybridized carbons (Fsp3) is 0.533. The predicted octanol–water partition coefficient (Wildman–Crippen LogP) is 1.45. The minimum absolute atomic E-state index is 0.0458. The van der Waals surface area contributed by atoms with Gasteiger partial charge in [-0.2, -0.15) is 5.26 Å². The SMILES string of the molecule is CC1CCN(c2ccccc2C#N)C(CO)CN1C. The fourth-order valence-electron chi connectivity index (χ4n) is 2.63. The van der Waals surface area contributed by atoms with Crippen LogP contribution < -0.4 is 4.90 Å². The maximum absolute atomic E-state index is 9.66. The van der Waals surface area contributed by atoms with Crippen LogP contribution in [-0.4, -0.2) is 48.8 Å². The van der Waals surface area contributed by atoms with Crippen LogP contribution in [0.4, 0.5) is 5.69 Å². The lowest BCUT2D eigenvalue weighted by molar-refractivity contribution is 0.206. The summed E-state index contributed by atoms with van der Waals surface area (Å²) in [6.07, 6.45) is 1.03. The number of likely N-dealkylation sites (N-methyl/N-ethyl adjacent to an activating group) is 1. The van der Waals surface area contributed by atoms with E-state index in [1.807, 2.05) is 24.3 Å². The number of nitrogens with zero attached hydrogens (tertiary/aromatic N) is 3. The van der Waals surface area contributed by atoms with E-state index in [4.69, 9.17) is 0 Å². The zero-order valence-corrected chi connectivity index (χ0v) is 11.6. The summed E-state index contributed by atoms with van der Waals surface area (Å²) in [5, 5.41) is 18.9. The van der Waals surface area contributed by atoms with E-state index in [0.29, 0.717) is 11.6 Å². The van der Waals surface area contributed by atoms with Crippen molar-refractivity contribution < 1.29 is 5.11 Å². The molecule has 0 aliphatic carbocycles. The maximum atomic E-state index is 9.66. The second-order valence-corrected chi connectivity index (χ2v) is 5.24. The van der Waals surface area contributed by atoms with Crippen molar-refractivity contribution >= 4 is 5.69 Å². The molecule has 1 N–H and O–H groups in total. The Hall–Kier alpha value is -1.57. The van der Waals surface area contributed by atoms with Gasteiger partial charge in [0.05, 0.1) is 23.9 Å². The summed E-state index contributed by atoms with van der Waals surface area (Å²) < 4.78 is 0. The van der Waals surface area contributed by atoms with E-state index in [2.05, 4.69) is 29.8 Å². The fourth-order valence-corrected chi connectivity index (χ4v) is 2.63. The third-order valence-corrected chi connectivity index (χ3v) is 4.02. The Balaban J connectivity index is 2.33. The number of hydrogen-bond acceptors (Lipinski definition) is 4. The topological polar surface area (TPSA) is 50.5 Å². The minimum Gasteiger partial charge on any atom is -0.394 e. The van der Waals surface area contributed by atoms with E-state index >= 15 is 0 Å². The van der Waals surface area contributed by atoms with Gasteiger partial charge >= 0.3 is 0 Å². The molecule has 1 fully saturated rings. The number of hydrogen-bond donors (Lipinski definition) is 1. The first kappa shape index (κ1) is 13.9. The van der Waals surface area contributed by atoms with Crippen LogP contribution in [0.25, 0.3) is 0 Å². The summed E-state index contributed by atoms with van der Waals surface area (Å²) in [5.41, 5.74) is 1.62. The van der Waals surface area contributed by atoms with Gasteiger partial charge in [0, 0.05) is 19.1 Å². The Bertz CT molecular complexity index is 469. The van der Waals surface area contributed by atoms with Gasteiger partial charge in [0.2, 0.25) is 0 Å².